The molecule has 0 aliphatic carbocycles. The van der Waals surface area contributed by atoms with Crippen molar-refractivity contribution in [3.8, 4) is 5.75 Å². The number of piperidine rings is 1. The summed E-state index contributed by atoms with van der Waals surface area (Å²) in [4.78, 5) is 6.95. The van der Waals surface area contributed by atoms with Gasteiger partial charge in [0.1, 0.15) is 12.4 Å². The van der Waals surface area contributed by atoms with E-state index in [9.17, 15) is 0 Å². The summed E-state index contributed by atoms with van der Waals surface area (Å²) >= 11 is 0. The minimum Gasteiger partial charge on any atom is -0.487 e. The number of hydrogen-bond donors (Lipinski definition) is 0. The molecule has 0 N–H and O–H groups in total. The zero-order valence-electron chi connectivity index (χ0n) is 16.3. The lowest BCUT2D eigenvalue weighted by molar-refractivity contribution is 0.127. The van der Waals surface area contributed by atoms with Gasteiger partial charge in [0.15, 0.2) is 0 Å². The summed E-state index contributed by atoms with van der Waals surface area (Å²) in [7, 11) is 0. The number of likely N-dealkylation sites (tertiary alicyclic amines) is 1. The van der Waals surface area contributed by atoms with E-state index in [4.69, 9.17) is 4.74 Å². The second-order valence-electron chi connectivity index (χ2n) is 7.44. The first-order valence-corrected chi connectivity index (χ1v) is 10.2. The maximum absolute atomic E-state index is 5.95. The lowest BCUT2D eigenvalue weighted by Crippen LogP contribution is -2.39. The predicted octanol–water partition coefficient (Wildman–Crippen LogP) is 4.30. The Balaban J connectivity index is 1.35. The van der Waals surface area contributed by atoms with E-state index < -0.39 is 0 Å². The molecule has 5 heteroatoms. The summed E-state index contributed by atoms with van der Waals surface area (Å²) < 4.78 is 7.99. The summed E-state index contributed by atoms with van der Waals surface area (Å²) in [6, 6.07) is 17.0. The van der Waals surface area contributed by atoms with Crippen LogP contribution in [0.3, 0.4) is 0 Å². The third-order valence-corrected chi connectivity index (χ3v) is 5.40. The van der Waals surface area contributed by atoms with E-state index in [2.05, 4.69) is 39.4 Å². The molecule has 0 amide bonds. The lowest BCUT2D eigenvalue weighted by atomic mass is 9.98. The molecule has 1 fully saturated rings. The van der Waals surface area contributed by atoms with Gasteiger partial charge >= 0.3 is 0 Å². The van der Waals surface area contributed by atoms with Gasteiger partial charge in [-0.25, -0.2) is 0 Å². The van der Waals surface area contributed by atoms with Crippen molar-refractivity contribution in [2.24, 2.45) is 0 Å². The van der Waals surface area contributed by atoms with Gasteiger partial charge in [0.05, 0.1) is 5.69 Å². The van der Waals surface area contributed by atoms with E-state index in [1.807, 2.05) is 41.2 Å². The number of pyridine rings is 1. The van der Waals surface area contributed by atoms with E-state index in [0.29, 0.717) is 12.6 Å². The van der Waals surface area contributed by atoms with Crippen LogP contribution in [0.5, 0.6) is 5.75 Å². The normalized spacial score (nSPS) is 17.5. The topological polar surface area (TPSA) is 43.2 Å². The van der Waals surface area contributed by atoms with Gasteiger partial charge in [0.2, 0.25) is 0 Å². The molecule has 1 saturated heterocycles. The van der Waals surface area contributed by atoms with Crippen LogP contribution in [-0.2, 0) is 19.7 Å². The average molecular weight is 377 g/mol. The van der Waals surface area contributed by atoms with E-state index >= 15 is 0 Å². The summed E-state index contributed by atoms with van der Waals surface area (Å²) in [5.41, 5.74) is 2.26. The monoisotopic (exact) mass is 376 g/mol. The second kappa shape index (κ2) is 9.51. The van der Waals surface area contributed by atoms with Crippen molar-refractivity contribution >= 4 is 0 Å². The number of hydrogen-bond acceptors (Lipinski definition) is 4. The Bertz CT molecular complexity index is 835. The highest BCUT2D eigenvalue weighted by atomic mass is 16.5. The van der Waals surface area contributed by atoms with Gasteiger partial charge < -0.3 is 4.74 Å². The maximum Gasteiger partial charge on any atom is 0.130 e. The van der Waals surface area contributed by atoms with Crippen molar-refractivity contribution in [2.75, 3.05) is 6.54 Å². The quantitative estimate of drug-likeness (QED) is 0.588. The molecule has 0 bridgehead atoms. The predicted molar refractivity (Wildman–Crippen MR) is 110 cm³/mol. The fourth-order valence-corrected chi connectivity index (χ4v) is 3.92. The standard InChI is InChI=1S/C23H28N4O/c1-3-12-24-21(8-1)19-28-23-10-5-7-20(17-23)18-26-14-4-2-9-22(26)11-16-27-15-6-13-25-27/h1,3,5-8,10,12-13,15,17,22H,2,4,9,11,14,16,18-19H2/t22-/m0/s1. The van der Waals surface area contributed by atoms with Crippen molar-refractivity contribution in [1.29, 1.82) is 0 Å². The molecule has 1 aliphatic heterocycles. The smallest absolute Gasteiger partial charge is 0.130 e. The van der Waals surface area contributed by atoms with Crippen LogP contribution in [0.1, 0.15) is 36.9 Å². The number of nitrogens with zero attached hydrogens (tertiary/aromatic N) is 4. The zero-order chi connectivity index (χ0) is 19.0. The largest absolute Gasteiger partial charge is 0.487 e. The molecule has 0 unspecified atom stereocenters. The second-order valence-corrected chi connectivity index (χ2v) is 7.44. The highest BCUT2D eigenvalue weighted by Crippen LogP contribution is 2.24. The number of aryl methyl sites for hydroxylation is 1. The van der Waals surface area contributed by atoms with Crippen LogP contribution in [0.2, 0.25) is 0 Å². The van der Waals surface area contributed by atoms with Gasteiger partial charge in [-0.05, 0) is 61.7 Å². The third-order valence-electron chi connectivity index (χ3n) is 5.40. The Morgan fingerprint density at radius 1 is 1.04 bits per heavy atom. The van der Waals surface area contributed by atoms with Crippen molar-refractivity contribution < 1.29 is 4.74 Å². The molecule has 28 heavy (non-hydrogen) atoms. The van der Waals surface area contributed by atoms with Crippen LogP contribution in [0.15, 0.2) is 67.1 Å². The first kappa shape index (κ1) is 18.7. The van der Waals surface area contributed by atoms with Gasteiger partial charge in [-0.15, -0.1) is 0 Å². The van der Waals surface area contributed by atoms with Gasteiger partial charge in [-0.1, -0.05) is 24.6 Å². The van der Waals surface area contributed by atoms with Crippen molar-refractivity contribution in [1.82, 2.24) is 19.7 Å². The van der Waals surface area contributed by atoms with Crippen molar-refractivity contribution in [3.05, 3.63) is 78.4 Å². The van der Waals surface area contributed by atoms with Crippen LogP contribution in [0.25, 0.3) is 0 Å². The van der Waals surface area contributed by atoms with E-state index in [1.54, 1.807) is 6.20 Å². The van der Waals surface area contributed by atoms with Crippen LogP contribution in [0, 0.1) is 0 Å². The summed E-state index contributed by atoms with van der Waals surface area (Å²) in [6.07, 6.45) is 10.7. The molecule has 3 heterocycles. The summed E-state index contributed by atoms with van der Waals surface area (Å²) in [5.74, 6) is 0.910. The van der Waals surface area contributed by atoms with Gasteiger partial charge in [0, 0.05) is 37.7 Å². The molecule has 2 aromatic heterocycles. The molecule has 1 atom stereocenters. The van der Waals surface area contributed by atoms with Crippen LogP contribution >= 0.6 is 0 Å². The molecular formula is C23H28N4O. The van der Waals surface area contributed by atoms with Crippen LogP contribution < -0.4 is 4.74 Å². The Hall–Kier alpha value is -2.66. The molecule has 0 spiro atoms. The minimum atomic E-state index is 0.500. The highest BCUT2D eigenvalue weighted by Gasteiger charge is 2.22. The molecule has 1 aliphatic rings. The number of rotatable bonds is 8. The highest BCUT2D eigenvalue weighted by molar-refractivity contribution is 5.28. The maximum atomic E-state index is 5.95. The third kappa shape index (κ3) is 5.20. The molecule has 146 valence electrons. The molecule has 0 radical (unpaired) electrons. The Labute approximate surface area is 167 Å². The summed E-state index contributed by atoms with van der Waals surface area (Å²) in [6.45, 7) is 3.63. The SMILES string of the molecule is c1ccc(COc2cccc(CN3CCCC[C@H]3CCn3cccn3)c2)nc1. The van der Waals surface area contributed by atoms with E-state index in [0.717, 1.165) is 31.0 Å². The first-order valence-electron chi connectivity index (χ1n) is 10.2. The number of ether oxygens (including phenoxy) is 1. The Morgan fingerprint density at radius 2 is 2.04 bits per heavy atom. The molecule has 3 aromatic rings. The molecule has 1 aromatic carbocycles. The van der Waals surface area contributed by atoms with Crippen LogP contribution in [-0.4, -0.2) is 32.3 Å². The van der Waals surface area contributed by atoms with Gasteiger partial charge in [0.25, 0.3) is 0 Å². The fourth-order valence-electron chi connectivity index (χ4n) is 3.92. The molecular weight excluding hydrogens is 348 g/mol. The van der Waals surface area contributed by atoms with Gasteiger partial charge in [-0.2, -0.15) is 5.10 Å². The molecule has 4 rings (SSSR count). The van der Waals surface area contributed by atoms with Crippen LogP contribution in [0.4, 0.5) is 0 Å². The Morgan fingerprint density at radius 3 is 2.89 bits per heavy atom. The molecule has 5 nitrogen and oxygen atoms in total. The van der Waals surface area contributed by atoms with Gasteiger partial charge in [-0.3, -0.25) is 14.6 Å². The minimum absolute atomic E-state index is 0.500. The van der Waals surface area contributed by atoms with Crippen molar-refractivity contribution in [2.45, 2.75) is 51.4 Å². The number of aromatic nitrogens is 3. The first-order chi connectivity index (χ1) is 13.9. The molecule has 0 saturated carbocycles. The lowest BCUT2D eigenvalue weighted by Gasteiger charge is -2.36. The van der Waals surface area contributed by atoms with E-state index in [-0.39, 0.29) is 0 Å². The Kier molecular flexibility index (Phi) is 6.35. The number of benzene rings is 1. The van der Waals surface area contributed by atoms with E-state index in [1.165, 1.54) is 31.4 Å². The average Bonchev–Trinajstić information content (AvgIpc) is 3.26. The summed E-state index contributed by atoms with van der Waals surface area (Å²) in [5, 5.41) is 4.34. The van der Waals surface area contributed by atoms with Crippen molar-refractivity contribution in [3.63, 3.8) is 0 Å². The zero-order valence-corrected chi connectivity index (χ0v) is 16.3. The fraction of sp³-hybridized carbons (Fsp3) is 0.391.